The number of nitrogens with zero attached hydrogens (tertiary/aromatic N) is 2. The van der Waals surface area contributed by atoms with Crippen molar-refractivity contribution in [3.63, 3.8) is 0 Å². The average Bonchev–Trinajstić information content (AvgIpc) is 3.28. The molecule has 31 heavy (non-hydrogen) atoms. The topological polar surface area (TPSA) is 65.8 Å². The fourth-order valence-corrected chi connectivity index (χ4v) is 4.89. The Morgan fingerprint density at radius 1 is 0.903 bits per heavy atom. The molecule has 162 valence electrons. The van der Waals surface area contributed by atoms with Gasteiger partial charge in [0.1, 0.15) is 5.76 Å². The van der Waals surface area contributed by atoms with Crippen LogP contribution in [0.3, 0.4) is 0 Å². The van der Waals surface area contributed by atoms with E-state index in [0.717, 1.165) is 42.2 Å². The monoisotopic (exact) mass is 437 g/mol. The average molecular weight is 438 g/mol. The van der Waals surface area contributed by atoms with E-state index in [2.05, 4.69) is 10.2 Å². The molecule has 0 saturated carbocycles. The minimum Gasteiger partial charge on any atom is -0.468 e. The molecule has 7 heteroatoms. The first-order valence-electron chi connectivity index (χ1n) is 10.4. The number of hydrogen-bond donors (Lipinski definition) is 1. The number of rotatable bonds is 7. The molecule has 2 amide bonds. The molecule has 1 aliphatic rings. The minimum atomic E-state index is -1.00. The fraction of sp³-hybridized carbons (Fsp3) is 0.292. The van der Waals surface area contributed by atoms with Gasteiger partial charge in [0.05, 0.1) is 12.8 Å². The molecule has 3 aromatic rings. The van der Waals surface area contributed by atoms with Crippen LogP contribution in [0.15, 0.2) is 77.4 Å². The summed E-state index contributed by atoms with van der Waals surface area (Å²) in [5.74, 6) is 1.93. The van der Waals surface area contributed by atoms with Gasteiger partial charge in [-0.05, 0) is 35.4 Å². The number of furan rings is 1. The number of nitrogens with one attached hydrogen (secondary N) is 1. The van der Waals surface area contributed by atoms with Crippen molar-refractivity contribution >= 4 is 22.5 Å². The van der Waals surface area contributed by atoms with Crippen LogP contribution in [0.5, 0.6) is 0 Å². The van der Waals surface area contributed by atoms with Gasteiger partial charge in [0.2, 0.25) is 0 Å². The third-order valence-corrected chi connectivity index (χ3v) is 6.61. The van der Waals surface area contributed by atoms with Gasteiger partial charge in [-0.3, -0.25) is 9.11 Å². The van der Waals surface area contributed by atoms with Crippen molar-refractivity contribution in [2.45, 2.75) is 18.1 Å². The molecule has 1 unspecified atom stereocenters. The second-order valence-corrected chi connectivity index (χ2v) is 9.14. The van der Waals surface area contributed by atoms with Crippen molar-refractivity contribution in [1.82, 2.24) is 9.80 Å². The number of amides is 2. The van der Waals surface area contributed by atoms with Gasteiger partial charge in [0.25, 0.3) is 0 Å². The predicted molar refractivity (Wildman–Crippen MR) is 123 cm³/mol. The van der Waals surface area contributed by atoms with E-state index >= 15 is 0 Å². The molecule has 1 saturated heterocycles. The van der Waals surface area contributed by atoms with Crippen LogP contribution in [0.4, 0.5) is 10.5 Å². The predicted octanol–water partition coefficient (Wildman–Crippen LogP) is 4.08. The summed E-state index contributed by atoms with van der Waals surface area (Å²) in [4.78, 5) is 16.8. The van der Waals surface area contributed by atoms with Crippen LogP contribution < -0.4 is 5.32 Å². The highest BCUT2D eigenvalue weighted by atomic mass is 32.2. The van der Waals surface area contributed by atoms with Gasteiger partial charge in [0, 0.05) is 54.2 Å². The minimum absolute atomic E-state index is 0.0970. The van der Waals surface area contributed by atoms with Crippen molar-refractivity contribution in [3.8, 4) is 0 Å². The van der Waals surface area contributed by atoms with E-state index in [1.807, 2.05) is 71.6 Å². The van der Waals surface area contributed by atoms with Crippen molar-refractivity contribution in [2.75, 3.05) is 31.5 Å². The highest BCUT2D eigenvalue weighted by molar-refractivity contribution is 7.83. The Kier molecular flexibility index (Phi) is 7.17. The quantitative estimate of drug-likeness (QED) is 0.605. The molecule has 0 radical (unpaired) electrons. The summed E-state index contributed by atoms with van der Waals surface area (Å²) in [6, 6.07) is 21.2. The van der Waals surface area contributed by atoms with Crippen molar-refractivity contribution in [3.05, 3.63) is 89.9 Å². The van der Waals surface area contributed by atoms with Crippen LogP contribution in [0.25, 0.3) is 0 Å². The van der Waals surface area contributed by atoms with E-state index in [0.29, 0.717) is 24.6 Å². The molecule has 6 nitrogen and oxygen atoms in total. The maximum Gasteiger partial charge on any atom is 0.321 e. The SMILES string of the molecule is O=C(Nc1cccc(CS(=O)Cc2ccccc2)c1)N1CCN(Cc2ccco2)CC1. The summed E-state index contributed by atoms with van der Waals surface area (Å²) in [7, 11) is -1.00. The Bertz CT molecular complexity index is 1000. The van der Waals surface area contributed by atoms with Crippen LogP contribution >= 0.6 is 0 Å². The number of hydrogen-bond acceptors (Lipinski definition) is 4. The lowest BCUT2D eigenvalue weighted by molar-refractivity contribution is 0.137. The highest BCUT2D eigenvalue weighted by Crippen LogP contribution is 2.16. The van der Waals surface area contributed by atoms with Crippen molar-refractivity contribution < 1.29 is 13.4 Å². The van der Waals surface area contributed by atoms with Gasteiger partial charge >= 0.3 is 6.03 Å². The zero-order valence-corrected chi connectivity index (χ0v) is 18.2. The van der Waals surface area contributed by atoms with Crippen LogP contribution in [0, 0.1) is 0 Å². The Morgan fingerprint density at radius 3 is 2.39 bits per heavy atom. The fourth-order valence-electron chi connectivity index (χ4n) is 3.67. The molecule has 4 rings (SSSR count). The third-order valence-electron chi connectivity index (χ3n) is 5.30. The second-order valence-electron chi connectivity index (χ2n) is 7.69. The van der Waals surface area contributed by atoms with Crippen LogP contribution in [-0.4, -0.2) is 46.2 Å². The lowest BCUT2D eigenvalue weighted by Crippen LogP contribution is -2.49. The smallest absolute Gasteiger partial charge is 0.321 e. The molecule has 2 aromatic carbocycles. The summed E-state index contributed by atoms with van der Waals surface area (Å²) < 4.78 is 17.9. The van der Waals surface area contributed by atoms with E-state index in [9.17, 15) is 9.00 Å². The summed E-state index contributed by atoms with van der Waals surface area (Å²) in [5.41, 5.74) is 2.75. The van der Waals surface area contributed by atoms with E-state index in [4.69, 9.17) is 4.42 Å². The highest BCUT2D eigenvalue weighted by Gasteiger charge is 2.21. The summed E-state index contributed by atoms with van der Waals surface area (Å²) in [6.07, 6.45) is 1.68. The summed E-state index contributed by atoms with van der Waals surface area (Å²) in [6.45, 7) is 3.74. The first-order chi connectivity index (χ1) is 15.2. The first-order valence-corrected chi connectivity index (χ1v) is 11.9. The molecule has 0 spiro atoms. The summed E-state index contributed by atoms with van der Waals surface area (Å²) in [5, 5.41) is 2.99. The zero-order valence-electron chi connectivity index (χ0n) is 17.4. The zero-order chi connectivity index (χ0) is 21.5. The number of anilines is 1. The Morgan fingerprint density at radius 2 is 1.65 bits per heavy atom. The number of urea groups is 1. The van der Waals surface area contributed by atoms with Gasteiger partial charge < -0.3 is 14.6 Å². The second kappa shape index (κ2) is 10.4. The van der Waals surface area contributed by atoms with E-state index in [1.54, 1.807) is 6.26 Å². The van der Waals surface area contributed by atoms with E-state index in [-0.39, 0.29) is 6.03 Å². The lowest BCUT2D eigenvalue weighted by atomic mass is 10.2. The van der Waals surface area contributed by atoms with Crippen LogP contribution in [0.1, 0.15) is 16.9 Å². The summed E-state index contributed by atoms with van der Waals surface area (Å²) >= 11 is 0. The van der Waals surface area contributed by atoms with Crippen LogP contribution in [-0.2, 0) is 28.9 Å². The molecule has 1 aliphatic heterocycles. The van der Waals surface area contributed by atoms with Gasteiger partial charge in [0.15, 0.2) is 0 Å². The molecule has 0 aliphatic carbocycles. The Balaban J connectivity index is 1.26. The lowest BCUT2D eigenvalue weighted by Gasteiger charge is -2.34. The number of benzene rings is 2. The van der Waals surface area contributed by atoms with Gasteiger partial charge in [-0.2, -0.15) is 0 Å². The van der Waals surface area contributed by atoms with Crippen molar-refractivity contribution in [2.24, 2.45) is 0 Å². The number of piperazine rings is 1. The molecule has 1 aromatic heterocycles. The number of carbonyl (C=O) groups excluding carboxylic acids is 1. The van der Waals surface area contributed by atoms with E-state index in [1.165, 1.54) is 0 Å². The molecule has 1 N–H and O–H groups in total. The molecule has 1 fully saturated rings. The normalized spacial score (nSPS) is 15.5. The first kappa shape index (κ1) is 21.3. The Labute approximate surface area is 185 Å². The molecule has 0 bridgehead atoms. The largest absolute Gasteiger partial charge is 0.468 e. The third kappa shape index (κ3) is 6.29. The Hall–Kier alpha value is -2.90. The van der Waals surface area contributed by atoms with Gasteiger partial charge in [-0.1, -0.05) is 42.5 Å². The number of carbonyl (C=O) groups is 1. The molecule has 1 atom stereocenters. The maximum absolute atomic E-state index is 12.7. The van der Waals surface area contributed by atoms with Gasteiger partial charge in [-0.25, -0.2) is 4.79 Å². The van der Waals surface area contributed by atoms with Crippen molar-refractivity contribution in [1.29, 1.82) is 0 Å². The molecular formula is C24H27N3O3S. The maximum atomic E-state index is 12.7. The molecule has 2 heterocycles. The molecular weight excluding hydrogens is 410 g/mol. The van der Waals surface area contributed by atoms with Gasteiger partial charge in [-0.15, -0.1) is 0 Å². The standard InChI is InChI=1S/C24H27N3O3S/c28-24(27-13-11-26(12-14-27)17-23-10-5-15-30-23)25-22-9-4-8-21(16-22)19-31(29)18-20-6-2-1-3-7-20/h1-10,15-16H,11-14,17-19H2,(H,25,28). The van der Waals surface area contributed by atoms with E-state index < -0.39 is 10.8 Å². The van der Waals surface area contributed by atoms with Crippen LogP contribution in [0.2, 0.25) is 0 Å².